The van der Waals surface area contributed by atoms with Crippen molar-refractivity contribution in [3.8, 4) is 0 Å². The summed E-state index contributed by atoms with van der Waals surface area (Å²) in [7, 11) is 2.05. The molecule has 1 fully saturated rings. The Morgan fingerprint density at radius 2 is 2.31 bits per heavy atom. The summed E-state index contributed by atoms with van der Waals surface area (Å²) in [5, 5.41) is 6.30. The first-order chi connectivity index (χ1) is 7.65. The van der Waals surface area contributed by atoms with Crippen LogP contribution in [0.5, 0.6) is 0 Å². The Morgan fingerprint density at radius 1 is 1.56 bits per heavy atom. The number of likely N-dealkylation sites (N-methyl/N-ethyl adjacent to an activating group) is 1. The molecule has 1 heterocycles. The van der Waals surface area contributed by atoms with Gasteiger partial charge in [-0.1, -0.05) is 13.8 Å². The molecule has 1 rings (SSSR count). The third-order valence-corrected chi connectivity index (χ3v) is 3.27. The van der Waals surface area contributed by atoms with Crippen molar-refractivity contribution in [1.29, 1.82) is 0 Å². The van der Waals surface area contributed by atoms with Crippen LogP contribution in [0, 0.1) is 5.92 Å². The van der Waals surface area contributed by atoms with Crippen molar-refractivity contribution in [2.24, 2.45) is 5.92 Å². The summed E-state index contributed by atoms with van der Waals surface area (Å²) in [6, 6.07) is 0.536. The number of piperidine rings is 1. The quantitative estimate of drug-likeness (QED) is 0.716. The van der Waals surface area contributed by atoms with Gasteiger partial charge in [-0.05, 0) is 38.9 Å². The van der Waals surface area contributed by atoms with E-state index in [1.165, 1.54) is 0 Å². The second-order valence-electron chi connectivity index (χ2n) is 4.80. The van der Waals surface area contributed by atoms with Gasteiger partial charge in [-0.25, -0.2) is 0 Å². The molecule has 16 heavy (non-hydrogen) atoms. The topological polar surface area (TPSA) is 44.4 Å². The highest BCUT2D eigenvalue weighted by Crippen LogP contribution is 2.15. The van der Waals surface area contributed by atoms with E-state index < -0.39 is 0 Å². The molecule has 0 spiro atoms. The minimum atomic E-state index is 0.148. The molecule has 0 aromatic carbocycles. The van der Waals surface area contributed by atoms with Crippen LogP contribution in [0.1, 0.15) is 26.7 Å². The molecule has 1 aliphatic heterocycles. The fraction of sp³-hybridized carbons (Fsp3) is 0.917. The minimum Gasteiger partial charge on any atom is -0.355 e. The Labute approximate surface area is 98.8 Å². The lowest BCUT2D eigenvalue weighted by atomic mass is 9.94. The second-order valence-corrected chi connectivity index (χ2v) is 4.80. The molecule has 1 aliphatic rings. The minimum absolute atomic E-state index is 0.148. The number of hydrogen-bond donors (Lipinski definition) is 2. The third-order valence-electron chi connectivity index (χ3n) is 3.27. The Morgan fingerprint density at radius 3 is 2.94 bits per heavy atom. The van der Waals surface area contributed by atoms with E-state index in [1.54, 1.807) is 0 Å². The van der Waals surface area contributed by atoms with Gasteiger partial charge in [0.25, 0.3) is 0 Å². The van der Waals surface area contributed by atoms with E-state index in [9.17, 15) is 4.79 Å². The largest absolute Gasteiger partial charge is 0.355 e. The average Bonchev–Trinajstić information content (AvgIpc) is 2.26. The number of amides is 1. The van der Waals surface area contributed by atoms with E-state index in [0.717, 1.165) is 32.5 Å². The van der Waals surface area contributed by atoms with Gasteiger partial charge in [0, 0.05) is 12.6 Å². The van der Waals surface area contributed by atoms with Crippen LogP contribution in [0.4, 0.5) is 0 Å². The molecule has 4 nitrogen and oxygen atoms in total. The van der Waals surface area contributed by atoms with Crippen molar-refractivity contribution < 1.29 is 4.79 Å². The van der Waals surface area contributed by atoms with E-state index in [1.807, 2.05) is 0 Å². The van der Waals surface area contributed by atoms with Crippen LogP contribution < -0.4 is 10.6 Å². The Hall–Kier alpha value is -0.610. The number of hydrogen-bond acceptors (Lipinski definition) is 3. The molecular weight excluding hydrogens is 202 g/mol. The normalized spacial score (nSPS) is 25.8. The number of rotatable bonds is 5. The second kappa shape index (κ2) is 6.86. The van der Waals surface area contributed by atoms with Crippen molar-refractivity contribution in [1.82, 2.24) is 15.5 Å². The lowest BCUT2D eigenvalue weighted by Crippen LogP contribution is -2.49. The SMILES string of the molecule is CCCNC(=O)CN(C)C1CCNCC1C. The van der Waals surface area contributed by atoms with Crippen molar-refractivity contribution in [2.45, 2.75) is 32.7 Å². The molecule has 2 atom stereocenters. The molecule has 0 aromatic heterocycles. The highest BCUT2D eigenvalue weighted by molar-refractivity contribution is 5.77. The van der Waals surface area contributed by atoms with Gasteiger partial charge in [0.15, 0.2) is 0 Å². The maximum Gasteiger partial charge on any atom is 0.234 e. The number of nitrogens with zero attached hydrogens (tertiary/aromatic N) is 1. The van der Waals surface area contributed by atoms with Gasteiger partial charge in [-0.2, -0.15) is 0 Å². The lowest BCUT2D eigenvalue weighted by Gasteiger charge is -2.36. The van der Waals surface area contributed by atoms with E-state index in [2.05, 4.69) is 36.4 Å². The van der Waals surface area contributed by atoms with Crippen LogP contribution in [-0.4, -0.2) is 50.1 Å². The zero-order valence-corrected chi connectivity index (χ0v) is 10.8. The molecule has 1 amide bonds. The third kappa shape index (κ3) is 4.10. The average molecular weight is 227 g/mol. The van der Waals surface area contributed by atoms with Crippen LogP contribution >= 0.6 is 0 Å². The first-order valence-corrected chi connectivity index (χ1v) is 6.32. The number of carbonyl (C=O) groups is 1. The Kier molecular flexibility index (Phi) is 5.77. The van der Waals surface area contributed by atoms with Gasteiger partial charge in [-0.15, -0.1) is 0 Å². The van der Waals surface area contributed by atoms with Gasteiger partial charge < -0.3 is 10.6 Å². The van der Waals surface area contributed by atoms with Gasteiger partial charge in [0.1, 0.15) is 0 Å². The first kappa shape index (κ1) is 13.5. The van der Waals surface area contributed by atoms with Crippen molar-refractivity contribution >= 4 is 5.91 Å². The van der Waals surface area contributed by atoms with Crippen LogP contribution in [-0.2, 0) is 4.79 Å². The maximum atomic E-state index is 11.6. The molecule has 0 bridgehead atoms. The Bertz CT molecular complexity index is 220. The Balaban J connectivity index is 2.32. The summed E-state index contributed by atoms with van der Waals surface area (Å²) >= 11 is 0. The molecule has 1 saturated heterocycles. The predicted octanol–water partition coefficient (Wildman–Crippen LogP) is 0.442. The van der Waals surface area contributed by atoms with Gasteiger partial charge in [0.05, 0.1) is 6.54 Å². The van der Waals surface area contributed by atoms with Gasteiger partial charge in [-0.3, -0.25) is 9.69 Å². The van der Waals surface area contributed by atoms with Gasteiger partial charge in [0.2, 0.25) is 5.91 Å². The van der Waals surface area contributed by atoms with Crippen molar-refractivity contribution in [3.05, 3.63) is 0 Å². The molecule has 0 radical (unpaired) electrons. The fourth-order valence-corrected chi connectivity index (χ4v) is 2.32. The van der Waals surface area contributed by atoms with Crippen LogP contribution in [0.3, 0.4) is 0 Å². The molecule has 2 unspecified atom stereocenters. The van der Waals surface area contributed by atoms with E-state index in [0.29, 0.717) is 18.5 Å². The predicted molar refractivity (Wildman–Crippen MR) is 66.4 cm³/mol. The van der Waals surface area contributed by atoms with E-state index in [4.69, 9.17) is 0 Å². The molecule has 0 aromatic rings. The summed E-state index contributed by atoms with van der Waals surface area (Å²) in [6.07, 6.45) is 2.14. The first-order valence-electron chi connectivity index (χ1n) is 6.32. The monoisotopic (exact) mass is 227 g/mol. The van der Waals surface area contributed by atoms with E-state index >= 15 is 0 Å². The highest BCUT2D eigenvalue weighted by atomic mass is 16.2. The maximum absolute atomic E-state index is 11.6. The smallest absolute Gasteiger partial charge is 0.234 e. The van der Waals surface area contributed by atoms with Gasteiger partial charge >= 0.3 is 0 Å². The molecule has 0 saturated carbocycles. The standard InChI is InChI=1S/C12H25N3O/c1-4-6-14-12(16)9-15(3)11-5-7-13-8-10(11)2/h10-11,13H,4-9H2,1-3H3,(H,14,16). The fourth-order valence-electron chi connectivity index (χ4n) is 2.32. The summed E-state index contributed by atoms with van der Waals surface area (Å²) in [4.78, 5) is 13.8. The summed E-state index contributed by atoms with van der Waals surface area (Å²) in [5.74, 6) is 0.771. The molecule has 2 N–H and O–H groups in total. The molecule has 0 aliphatic carbocycles. The number of nitrogens with one attached hydrogen (secondary N) is 2. The van der Waals surface area contributed by atoms with E-state index in [-0.39, 0.29) is 5.91 Å². The molecule has 94 valence electrons. The zero-order valence-electron chi connectivity index (χ0n) is 10.8. The van der Waals surface area contributed by atoms with Crippen LogP contribution in [0.25, 0.3) is 0 Å². The van der Waals surface area contributed by atoms with Crippen molar-refractivity contribution in [3.63, 3.8) is 0 Å². The van der Waals surface area contributed by atoms with Crippen LogP contribution in [0.15, 0.2) is 0 Å². The number of carbonyl (C=O) groups excluding carboxylic acids is 1. The van der Waals surface area contributed by atoms with Crippen molar-refractivity contribution in [2.75, 3.05) is 33.2 Å². The highest BCUT2D eigenvalue weighted by Gasteiger charge is 2.25. The lowest BCUT2D eigenvalue weighted by molar-refractivity contribution is -0.122. The summed E-state index contributed by atoms with van der Waals surface area (Å²) in [6.45, 7) is 7.75. The van der Waals surface area contributed by atoms with Crippen LogP contribution in [0.2, 0.25) is 0 Å². The molecular formula is C12H25N3O. The molecule has 4 heteroatoms. The summed E-state index contributed by atoms with van der Waals surface area (Å²) in [5.41, 5.74) is 0. The zero-order chi connectivity index (χ0) is 12.0. The summed E-state index contributed by atoms with van der Waals surface area (Å²) < 4.78 is 0.